The molecule has 0 saturated heterocycles. The van der Waals surface area contributed by atoms with E-state index in [1.54, 1.807) is 6.08 Å². The van der Waals surface area contributed by atoms with Gasteiger partial charge in [-0.15, -0.1) is 19.2 Å². The van der Waals surface area contributed by atoms with Crippen molar-refractivity contribution < 1.29 is 4.79 Å². The van der Waals surface area contributed by atoms with Gasteiger partial charge in [-0.05, 0) is 86.6 Å². The molecule has 0 bridgehead atoms. The van der Waals surface area contributed by atoms with Gasteiger partial charge in [-0.2, -0.15) is 0 Å². The summed E-state index contributed by atoms with van der Waals surface area (Å²) in [6.45, 7) is 9.36. The zero-order chi connectivity index (χ0) is 27.8. The highest BCUT2D eigenvalue weighted by molar-refractivity contribution is 9.10. The van der Waals surface area contributed by atoms with Crippen molar-refractivity contribution in [3.63, 3.8) is 0 Å². The molecule has 0 heterocycles. The highest BCUT2D eigenvalue weighted by Crippen LogP contribution is 2.39. The van der Waals surface area contributed by atoms with Crippen LogP contribution in [0.2, 0.25) is 5.02 Å². The Hall–Kier alpha value is -2.34. The maximum absolute atomic E-state index is 11.2. The Balaban J connectivity index is 0.000000288. The molecule has 0 aromatic heterocycles. The van der Waals surface area contributed by atoms with E-state index in [1.165, 1.54) is 5.56 Å². The number of carbonyl (C=O) groups excluding carboxylic acids is 1. The van der Waals surface area contributed by atoms with Crippen LogP contribution in [0.15, 0.2) is 94.8 Å². The van der Waals surface area contributed by atoms with Gasteiger partial charge in [0.15, 0.2) is 0 Å². The van der Waals surface area contributed by atoms with Crippen LogP contribution >= 0.6 is 40.2 Å². The summed E-state index contributed by atoms with van der Waals surface area (Å²) in [5.74, 6) is 0.364. The maximum Gasteiger partial charge on any atom is 0.123 e. The molecule has 4 rings (SSSR count). The van der Waals surface area contributed by atoms with Gasteiger partial charge in [0.1, 0.15) is 6.29 Å². The van der Waals surface area contributed by atoms with Gasteiger partial charge in [-0.3, -0.25) is 0 Å². The zero-order valence-electron chi connectivity index (χ0n) is 22.0. The van der Waals surface area contributed by atoms with Crippen LogP contribution in [-0.2, 0) is 4.79 Å². The highest BCUT2D eigenvalue weighted by Gasteiger charge is 2.33. The van der Waals surface area contributed by atoms with E-state index in [2.05, 4.69) is 47.4 Å². The van der Waals surface area contributed by atoms with Crippen LogP contribution in [0.3, 0.4) is 0 Å². The quantitative estimate of drug-likeness (QED) is 0.159. The van der Waals surface area contributed by atoms with Crippen molar-refractivity contribution in [2.45, 2.75) is 44.4 Å². The highest BCUT2D eigenvalue weighted by atomic mass is 79.9. The molecule has 1 fully saturated rings. The first-order chi connectivity index (χ1) is 17.6. The Morgan fingerprint density at radius 1 is 1.08 bits per heavy atom. The lowest BCUT2D eigenvalue weighted by atomic mass is 9.70. The van der Waals surface area contributed by atoms with Crippen molar-refractivity contribution >= 4 is 57.8 Å². The van der Waals surface area contributed by atoms with Gasteiger partial charge in [0, 0.05) is 38.8 Å². The van der Waals surface area contributed by atoms with Crippen LogP contribution in [0, 0.1) is 24.2 Å². The molecule has 3 nitrogen and oxygen atoms in total. The standard InChI is InChI=1S/C14H16ClNO.C7H8BrN.C7H8S.C3H6/c1-9-5-12(16)7-13(14(9)8-17)10-3-2-4-11(15)6-10;1-9-7-4-2-3-6(8)5-7;1-6-2-4-7(8)5-3-6;1-3-2/h2-4,6,8-9,13-14,16H,5,7H2,1H3;2-5,9H,1H3;2-5,8H,1H3;3H,1H2,2H3/t9-,13-,14?;;;/m0.../s1. The summed E-state index contributed by atoms with van der Waals surface area (Å²) < 4.78 is 1.11. The van der Waals surface area contributed by atoms with Crippen LogP contribution in [0.5, 0.6) is 0 Å². The molecule has 1 aliphatic rings. The smallest absolute Gasteiger partial charge is 0.123 e. The molecule has 3 aromatic rings. The largest absolute Gasteiger partial charge is 0.388 e. The summed E-state index contributed by atoms with van der Waals surface area (Å²) in [4.78, 5) is 12.3. The first-order valence-electron chi connectivity index (χ1n) is 12.2. The van der Waals surface area contributed by atoms with E-state index in [1.807, 2.05) is 93.7 Å². The number of thiol groups is 1. The third-order valence-corrected chi connectivity index (χ3v) is 6.76. The summed E-state index contributed by atoms with van der Waals surface area (Å²) in [6, 6.07) is 23.7. The molecule has 0 radical (unpaired) electrons. The number of aldehydes is 1. The molecular formula is C31H38BrClN2OS. The minimum Gasteiger partial charge on any atom is -0.388 e. The number of allylic oxidation sites excluding steroid dienone is 1. The first kappa shape index (κ1) is 32.7. The Bertz CT molecular complexity index is 1100. The second-order valence-electron chi connectivity index (χ2n) is 8.87. The lowest BCUT2D eigenvalue weighted by Crippen LogP contribution is -2.30. The van der Waals surface area contributed by atoms with E-state index in [-0.39, 0.29) is 17.8 Å². The lowest BCUT2D eigenvalue weighted by molar-refractivity contribution is -0.113. The van der Waals surface area contributed by atoms with Crippen molar-refractivity contribution in [3.05, 3.63) is 106 Å². The number of anilines is 1. The van der Waals surface area contributed by atoms with Gasteiger partial charge in [-0.1, -0.05) is 76.4 Å². The number of aryl methyl sites for hydroxylation is 1. The summed E-state index contributed by atoms with van der Waals surface area (Å²) >= 11 is 13.5. The molecule has 37 heavy (non-hydrogen) atoms. The predicted octanol–water partition coefficient (Wildman–Crippen LogP) is 9.66. The van der Waals surface area contributed by atoms with Gasteiger partial charge in [0.2, 0.25) is 0 Å². The van der Waals surface area contributed by atoms with Crippen molar-refractivity contribution in [2.75, 3.05) is 12.4 Å². The second kappa shape index (κ2) is 18.0. The van der Waals surface area contributed by atoms with Crippen molar-refractivity contribution in [1.29, 1.82) is 5.41 Å². The molecule has 0 aliphatic heterocycles. The number of rotatable bonds is 3. The van der Waals surface area contributed by atoms with Crippen molar-refractivity contribution in [3.8, 4) is 0 Å². The normalized spacial score (nSPS) is 17.9. The van der Waals surface area contributed by atoms with E-state index in [9.17, 15) is 4.79 Å². The van der Waals surface area contributed by atoms with E-state index < -0.39 is 0 Å². The first-order valence-corrected chi connectivity index (χ1v) is 13.8. The van der Waals surface area contributed by atoms with Crippen LogP contribution in [0.25, 0.3) is 0 Å². The van der Waals surface area contributed by atoms with E-state index in [4.69, 9.17) is 17.0 Å². The second-order valence-corrected chi connectivity index (χ2v) is 10.7. The number of halogens is 2. The minimum atomic E-state index is 0.00238. The van der Waals surface area contributed by atoms with Gasteiger partial charge < -0.3 is 15.5 Å². The molecule has 1 saturated carbocycles. The fourth-order valence-corrected chi connectivity index (χ4v) is 4.65. The SMILES string of the molecule is C=CC.CNc1cccc(Br)c1.C[C@H]1CC(=N)C[C@@H](c2cccc(Cl)c2)C1C=O.Cc1ccc(S)cc1. The summed E-state index contributed by atoms with van der Waals surface area (Å²) in [5.41, 5.74) is 4.22. The third-order valence-electron chi connectivity index (χ3n) is 5.74. The molecule has 198 valence electrons. The Morgan fingerprint density at radius 2 is 1.70 bits per heavy atom. The lowest BCUT2D eigenvalue weighted by Gasteiger charge is -2.33. The van der Waals surface area contributed by atoms with Gasteiger partial charge in [0.05, 0.1) is 0 Å². The summed E-state index contributed by atoms with van der Waals surface area (Å²) in [7, 11) is 1.90. The molecule has 2 N–H and O–H groups in total. The fraction of sp³-hybridized carbons (Fsp3) is 0.290. The van der Waals surface area contributed by atoms with Crippen LogP contribution in [-0.4, -0.2) is 19.0 Å². The number of carbonyl (C=O) groups is 1. The topological polar surface area (TPSA) is 53.0 Å². The average Bonchev–Trinajstić information content (AvgIpc) is 2.87. The van der Waals surface area contributed by atoms with E-state index in [0.717, 1.165) is 39.0 Å². The predicted molar refractivity (Wildman–Crippen MR) is 168 cm³/mol. The molecule has 3 atom stereocenters. The number of hydrogen-bond acceptors (Lipinski definition) is 4. The van der Waals surface area contributed by atoms with Crippen LogP contribution < -0.4 is 5.32 Å². The average molecular weight is 602 g/mol. The monoisotopic (exact) mass is 600 g/mol. The molecule has 1 unspecified atom stereocenters. The minimum absolute atomic E-state index is 0.00238. The summed E-state index contributed by atoms with van der Waals surface area (Å²) in [6.07, 6.45) is 4.21. The van der Waals surface area contributed by atoms with E-state index >= 15 is 0 Å². The number of benzene rings is 3. The van der Waals surface area contributed by atoms with Gasteiger partial charge >= 0.3 is 0 Å². The Kier molecular flexibility index (Phi) is 15.9. The molecule has 0 amide bonds. The third kappa shape index (κ3) is 12.6. The van der Waals surface area contributed by atoms with Crippen LogP contribution in [0.1, 0.15) is 43.7 Å². The molecule has 6 heteroatoms. The molecule has 3 aromatic carbocycles. The number of hydrogen-bond donors (Lipinski definition) is 3. The van der Waals surface area contributed by atoms with Crippen molar-refractivity contribution in [2.24, 2.45) is 11.8 Å². The van der Waals surface area contributed by atoms with Crippen LogP contribution in [0.4, 0.5) is 5.69 Å². The maximum atomic E-state index is 11.2. The van der Waals surface area contributed by atoms with E-state index in [0.29, 0.717) is 11.4 Å². The fourth-order valence-electron chi connectivity index (χ4n) is 3.90. The van der Waals surface area contributed by atoms with Crippen molar-refractivity contribution in [1.82, 2.24) is 0 Å². The Labute approximate surface area is 241 Å². The van der Waals surface area contributed by atoms with Gasteiger partial charge in [0.25, 0.3) is 0 Å². The molecular weight excluding hydrogens is 564 g/mol. The number of nitrogens with one attached hydrogen (secondary N) is 2. The van der Waals surface area contributed by atoms with Gasteiger partial charge in [-0.25, -0.2) is 0 Å². The summed E-state index contributed by atoms with van der Waals surface area (Å²) in [5, 5.41) is 11.6. The molecule has 1 aliphatic carbocycles. The zero-order valence-corrected chi connectivity index (χ0v) is 25.3. The Morgan fingerprint density at radius 3 is 2.19 bits per heavy atom. The molecule has 0 spiro atoms.